The van der Waals surface area contributed by atoms with E-state index < -0.39 is 44.0 Å². The molecule has 0 radical (unpaired) electrons. The SMILES string of the molecule is CCN(CC)c1ccc2c(-c3ccccc3C(=O)N3CCN(C(=O)CCC(=O)NCCCCCC(=O)N[C@@H](Cc4ccc(C(=O)c5ccccc5)cc4)C(=O)NCc4cn([C@@H](C)C(O)CN(CC(C)C)S(=O)(=O)c5ccc(S(=O)(=O)c6ccc(C)cc6)cc5)nn4)CC3)c3ccc(=[N+](CC)CC)cc-3oc2c1. The van der Waals surface area contributed by atoms with Gasteiger partial charge in [0, 0.05) is 136 Å². The van der Waals surface area contributed by atoms with E-state index in [9.17, 15) is 50.7 Å². The van der Waals surface area contributed by atoms with Crippen molar-refractivity contribution in [1.29, 1.82) is 0 Å². The normalized spacial score (nSPS) is 13.5. The average molecular weight is 1490 g/mol. The highest BCUT2D eigenvalue weighted by atomic mass is 32.2. The van der Waals surface area contributed by atoms with Crippen molar-refractivity contribution in [2.24, 2.45) is 5.92 Å². The van der Waals surface area contributed by atoms with Crippen molar-refractivity contribution in [2.75, 3.05) is 76.9 Å². The van der Waals surface area contributed by atoms with Gasteiger partial charge in [-0.15, -0.1) is 5.10 Å². The van der Waals surface area contributed by atoms with Gasteiger partial charge in [0.25, 0.3) is 5.91 Å². The molecular weight excluding hydrogens is 1400 g/mol. The van der Waals surface area contributed by atoms with E-state index in [1.165, 1.54) is 47.3 Å². The lowest BCUT2D eigenvalue weighted by molar-refractivity contribution is -0.134. The Morgan fingerprint density at radius 2 is 1.29 bits per heavy atom. The third-order valence-electron chi connectivity index (χ3n) is 19.6. The van der Waals surface area contributed by atoms with E-state index >= 15 is 0 Å². The molecule has 1 aromatic heterocycles. The minimum absolute atomic E-state index is 0.00456. The van der Waals surface area contributed by atoms with Crippen LogP contribution in [0.5, 0.6) is 0 Å². The zero-order chi connectivity index (χ0) is 76.5. The maximum Gasteiger partial charge on any atom is 0.254 e. The van der Waals surface area contributed by atoms with Crippen molar-refractivity contribution in [2.45, 2.75) is 140 Å². The van der Waals surface area contributed by atoms with Gasteiger partial charge in [-0.25, -0.2) is 26.1 Å². The third-order valence-corrected chi connectivity index (χ3v) is 23.3. The van der Waals surface area contributed by atoms with E-state index in [1.807, 2.05) is 51.1 Å². The molecule has 1 unspecified atom stereocenters. The fraction of sp³-hybridized carbons (Fsp3) is 0.378. The molecule has 1 fully saturated rings. The summed E-state index contributed by atoms with van der Waals surface area (Å²) in [7, 11) is -8.17. The molecule has 3 aliphatic rings. The molecule has 5 amide bonds. The van der Waals surface area contributed by atoms with Crippen LogP contribution >= 0.6 is 0 Å². The van der Waals surface area contributed by atoms with Gasteiger partial charge in [0.2, 0.25) is 48.8 Å². The van der Waals surface area contributed by atoms with Crippen molar-refractivity contribution >= 4 is 71.8 Å². The number of aromatic nitrogens is 3. The molecule has 4 N–H and O–H groups in total. The van der Waals surface area contributed by atoms with Gasteiger partial charge in [-0.2, -0.15) is 4.31 Å². The molecule has 0 bridgehead atoms. The number of sulfonamides is 1. The van der Waals surface area contributed by atoms with E-state index in [0.717, 1.165) is 80.5 Å². The van der Waals surface area contributed by atoms with Gasteiger partial charge in [-0.3, -0.25) is 28.8 Å². The number of nitrogens with zero attached hydrogens (tertiary/aromatic N) is 8. The summed E-state index contributed by atoms with van der Waals surface area (Å²) in [6, 6.07) is 45.4. The fourth-order valence-corrected chi connectivity index (χ4v) is 16.3. The predicted molar refractivity (Wildman–Crippen MR) is 413 cm³/mol. The van der Waals surface area contributed by atoms with E-state index in [2.05, 4.69) is 99.8 Å². The third kappa shape index (κ3) is 19.7. The fourth-order valence-electron chi connectivity index (χ4n) is 13.4. The number of amides is 5. The highest BCUT2D eigenvalue weighted by molar-refractivity contribution is 7.91. The van der Waals surface area contributed by atoms with Crippen LogP contribution in [0.3, 0.4) is 0 Å². The Hall–Kier alpha value is -10.2. The Balaban J connectivity index is 0.694. The van der Waals surface area contributed by atoms with Crippen LogP contribution in [0, 0.1) is 12.8 Å². The van der Waals surface area contributed by atoms with Gasteiger partial charge in [0.1, 0.15) is 36.2 Å². The molecule has 6 aromatic carbocycles. The minimum Gasteiger partial charge on any atom is -0.456 e. The Kier molecular flexibility index (Phi) is 27.0. The number of anilines is 1. The molecule has 564 valence electrons. The first-order chi connectivity index (χ1) is 51.4. The van der Waals surface area contributed by atoms with Gasteiger partial charge in [-0.1, -0.05) is 116 Å². The van der Waals surface area contributed by atoms with E-state index in [4.69, 9.17) is 4.42 Å². The number of hydrogen-bond donors (Lipinski definition) is 4. The number of aliphatic hydroxyl groups excluding tert-OH is 1. The summed E-state index contributed by atoms with van der Waals surface area (Å²) in [5, 5.41) is 30.6. The number of benzene rings is 7. The van der Waals surface area contributed by atoms with Crippen molar-refractivity contribution in [3.8, 4) is 22.5 Å². The summed E-state index contributed by atoms with van der Waals surface area (Å²) < 4.78 is 66.6. The molecule has 3 atom stereocenters. The lowest BCUT2D eigenvalue weighted by atomic mass is 9.90. The number of carbonyl (C=O) groups excluding carboxylic acids is 6. The number of rotatable bonds is 34. The molecule has 3 heterocycles. The second kappa shape index (κ2) is 36.4. The summed E-state index contributed by atoms with van der Waals surface area (Å²) in [6.07, 6.45) is 1.92. The molecule has 0 saturated carbocycles. The summed E-state index contributed by atoms with van der Waals surface area (Å²) in [6.45, 7) is 20.2. The van der Waals surface area contributed by atoms with E-state index in [1.54, 1.807) is 77.4 Å². The highest BCUT2D eigenvalue weighted by Gasteiger charge is 2.33. The Morgan fingerprint density at radius 1 is 0.645 bits per heavy atom. The van der Waals surface area contributed by atoms with Crippen LogP contribution in [0.1, 0.15) is 136 Å². The second-order valence-corrected chi connectivity index (χ2v) is 31.4. The van der Waals surface area contributed by atoms with E-state index in [-0.39, 0.29) is 95.3 Å². The largest absolute Gasteiger partial charge is 0.456 e. The molecule has 7 aromatic rings. The number of hydrogen-bond acceptors (Lipinski definition) is 15. The average Bonchev–Trinajstić information content (AvgIpc) is 0.824. The standard InChI is InChI=1S/C82H97N11O12S2/c1-9-88(10-2)63-32-40-70-74(50-63)105-75-51-64(89(11-3)12-4)33-41-71(75)79(70)68-23-18-19-24-69(68)82(100)91-47-45-90(46-48-91)78(97)43-42-76(95)83-44-20-14-17-25-77(96)85-72(49-59-28-30-61(31-29-59)80(98)60-21-15-13-16-22-60)81(99)84-52-62-54-93(87-86-62)58(8)73(94)55-92(53-56(5)6)107(103,104)67-38-36-66(37-39-67)106(101,102)65-34-26-57(7)27-35-65/h13,15-16,18-19,21-24,26-41,50-51,54,56,58,72-73,94H,9-12,14,17,20,25,42-49,52-53,55H2,1-8H3,(H2-,83,84,85,95,96,99)/p+1/t58-,72-,73?/m0/s1. The number of ketones is 1. The van der Waals surface area contributed by atoms with Crippen molar-refractivity contribution in [1.82, 2.24) is 49.6 Å². The molecule has 10 rings (SSSR count). The molecule has 107 heavy (non-hydrogen) atoms. The molecule has 1 saturated heterocycles. The first-order valence-corrected chi connectivity index (χ1v) is 39.9. The summed E-state index contributed by atoms with van der Waals surface area (Å²) >= 11 is 0. The molecule has 1 aliphatic carbocycles. The molecule has 2 aliphatic heterocycles. The lowest BCUT2D eigenvalue weighted by Crippen LogP contribution is -2.50. The first-order valence-electron chi connectivity index (χ1n) is 36.9. The number of piperazine rings is 1. The zero-order valence-electron chi connectivity index (χ0n) is 62.2. The number of aryl methyl sites for hydroxylation is 1. The number of sulfone groups is 1. The topological polar surface area (TPSA) is 287 Å². The van der Waals surface area contributed by atoms with Gasteiger partial charge in [0.05, 0.1) is 45.6 Å². The van der Waals surface area contributed by atoms with Gasteiger partial charge in [0.15, 0.2) is 5.78 Å². The van der Waals surface area contributed by atoms with E-state index in [0.29, 0.717) is 79.9 Å². The van der Waals surface area contributed by atoms with Crippen LogP contribution in [0.2, 0.25) is 0 Å². The van der Waals surface area contributed by atoms with Gasteiger partial charge in [-0.05, 0) is 132 Å². The predicted octanol–water partition coefficient (Wildman–Crippen LogP) is 9.88. The Bertz CT molecular complexity index is 4880. The summed E-state index contributed by atoms with van der Waals surface area (Å²) in [5.74, 6) is -1.11. The number of fused-ring (bicyclic) bond motifs is 2. The quantitative estimate of drug-likeness (QED) is 0.0126. The van der Waals surface area contributed by atoms with Gasteiger partial charge < -0.3 is 40.2 Å². The van der Waals surface area contributed by atoms with Crippen molar-refractivity contribution in [3.63, 3.8) is 0 Å². The molecular formula is C82H98N11O12S2+. The zero-order valence-corrected chi connectivity index (χ0v) is 63.9. The van der Waals surface area contributed by atoms with Crippen LogP contribution in [0.15, 0.2) is 189 Å². The van der Waals surface area contributed by atoms with Crippen LogP contribution in [0.25, 0.3) is 33.4 Å². The highest BCUT2D eigenvalue weighted by Crippen LogP contribution is 2.43. The van der Waals surface area contributed by atoms with Crippen molar-refractivity contribution in [3.05, 3.63) is 209 Å². The maximum absolute atomic E-state index is 14.7. The number of aliphatic hydroxyl groups is 1. The maximum atomic E-state index is 14.7. The van der Waals surface area contributed by atoms with Crippen LogP contribution < -0.4 is 30.8 Å². The lowest BCUT2D eigenvalue weighted by Gasteiger charge is -2.35. The van der Waals surface area contributed by atoms with Crippen LogP contribution in [-0.2, 0) is 52.0 Å². The number of nitrogens with one attached hydrogen (secondary N) is 3. The summed E-state index contributed by atoms with van der Waals surface area (Å²) in [5.41, 5.74) is 7.75. The Morgan fingerprint density at radius 3 is 1.96 bits per heavy atom. The smallest absolute Gasteiger partial charge is 0.254 e. The first kappa shape index (κ1) is 79.4. The minimum atomic E-state index is -4.24. The number of carbonyl (C=O) groups is 6. The number of unbranched alkanes of at least 4 members (excludes halogenated alkanes) is 2. The van der Waals surface area contributed by atoms with Crippen LogP contribution in [-0.4, -0.2) is 170 Å². The van der Waals surface area contributed by atoms with Crippen LogP contribution in [0.4, 0.5) is 5.69 Å². The Labute approximate surface area is 627 Å². The van der Waals surface area contributed by atoms with Crippen molar-refractivity contribution < 1.29 is 55.1 Å². The summed E-state index contributed by atoms with van der Waals surface area (Å²) in [4.78, 5) is 87.9. The molecule has 23 nitrogen and oxygen atoms in total. The second-order valence-electron chi connectivity index (χ2n) is 27.5. The monoisotopic (exact) mass is 1490 g/mol. The molecule has 0 spiro atoms. The van der Waals surface area contributed by atoms with Gasteiger partial charge >= 0.3 is 0 Å². The molecule has 25 heteroatoms.